The lowest BCUT2D eigenvalue weighted by Crippen LogP contribution is -2.37. The van der Waals surface area contributed by atoms with Crippen LogP contribution in [0, 0.1) is 0 Å². The second kappa shape index (κ2) is 4.38. The Kier molecular flexibility index (Phi) is 2.70. The van der Waals surface area contributed by atoms with E-state index < -0.39 is 11.8 Å². The highest BCUT2D eigenvalue weighted by Crippen LogP contribution is 2.19. The molecule has 0 saturated heterocycles. The zero-order chi connectivity index (χ0) is 13.4. The van der Waals surface area contributed by atoms with Crippen LogP contribution >= 0.6 is 0 Å². The topological polar surface area (TPSA) is 78.6 Å². The van der Waals surface area contributed by atoms with Crippen LogP contribution in [0.25, 0.3) is 0 Å². The summed E-state index contributed by atoms with van der Waals surface area (Å²) >= 11 is 0. The van der Waals surface area contributed by atoms with Crippen LogP contribution in [0.3, 0.4) is 0 Å². The van der Waals surface area contributed by atoms with Crippen molar-refractivity contribution < 1.29 is 19.1 Å². The lowest BCUT2D eigenvalue weighted by Gasteiger charge is -2.07. The summed E-state index contributed by atoms with van der Waals surface area (Å²) in [5.74, 6) is -1.19. The fourth-order valence-corrected chi connectivity index (χ4v) is 1.95. The molecule has 1 aliphatic heterocycles. The van der Waals surface area contributed by atoms with Gasteiger partial charge in [0.1, 0.15) is 5.56 Å². The van der Waals surface area contributed by atoms with Crippen LogP contribution < -0.4 is 5.32 Å². The maximum Gasteiger partial charge on any atom is 0.445 e. The summed E-state index contributed by atoms with van der Waals surface area (Å²) in [5.41, 5.74) is 0.577. The first-order chi connectivity index (χ1) is 9.15. The number of hydrogen-bond acceptors (Lipinski definition) is 3. The van der Waals surface area contributed by atoms with E-state index in [-0.39, 0.29) is 24.1 Å². The molecule has 96 valence electrons. The van der Waals surface area contributed by atoms with Gasteiger partial charge >= 0.3 is 11.8 Å². The second-order valence-electron chi connectivity index (χ2n) is 4.66. The van der Waals surface area contributed by atoms with Crippen molar-refractivity contribution in [1.82, 2.24) is 5.32 Å². The Morgan fingerprint density at radius 1 is 1.26 bits per heavy atom. The second-order valence-corrected chi connectivity index (χ2v) is 4.66. The van der Waals surface area contributed by atoms with Gasteiger partial charge in [-0.05, 0) is 29.7 Å². The first-order valence-electron chi connectivity index (χ1n) is 6.11. The minimum Gasteiger partial charge on any atom is -0.348 e. The summed E-state index contributed by atoms with van der Waals surface area (Å²) in [5, 5.41) is 6.41. The van der Waals surface area contributed by atoms with Crippen LogP contribution in [-0.2, 0) is 4.79 Å². The van der Waals surface area contributed by atoms with Crippen LogP contribution in [0.1, 0.15) is 33.6 Å². The molecule has 1 aromatic carbocycles. The van der Waals surface area contributed by atoms with Crippen LogP contribution in [0.4, 0.5) is 0 Å². The molecule has 1 saturated carbocycles. The van der Waals surface area contributed by atoms with Crippen LogP contribution in [0.15, 0.2) is 29.4 Å². The van der Waals surface area contributed by atoms with Gasteiger partial charge in [0.25, 0.3) is 12.5 Å². The van der Waals surface area contributed by atoms with Gasteiger partial charge in [-0.15, -0.1) is 0 Å². The first-order valence-corrected chi connectivity index (χ1v) is 6.11. The van der Waals surface area contributed by atoms with Gasteiger partial charge in [0, 0.05) is 11.2 Å². The van der Waals surface area contributed by atoms with E-state index in [2.05, 4.69) is 10.4 Å². The SMILES string of the molecule is O=C(C[N+]1=NC(=O)c2ccccc2C1=O)NC1CC1. The average molecular weight is 258 g/mol. The third-order valence-electron chi connectivity index (χ3n) is 3.07. The molecule has 1 fully saturated rings. The molecule has 1 aliphatic carbocycles. The Labute approximate surface area is 109 Å². The molecule has 19 heavy (non-hydrogen) atoms. The van der Waals surface area contributed by atoms with Gasteiger partial charge < -0.3 is 5.32 Å². The predicted molar refractivity (Wildman–Crippen MR) is 63.8 cm³/mol. The Morgan fingerprint density at radius 3 is 2.63 bits per heavy atom. The van der Waals surface area contributed by atoms with Gasteiger partial charge in [-0.2, -0.15) is 0 Å². The molecule has 6 nitrogen and oxygen atoms in total. The predicted octanol–water partition coefficient (Wildman–Crippen LogP) is 0.724. The number of amides is 3. The summed E-state index contributed by atoms with van der Waals surface area (Å²) in [6.45, 7) is -0.213. The van der Waals surface area contributed by atoms with Crippen LogP contribution in [-0.4, -0.2) is 35.0 Å². The van der Waals surface area contributed by atoms with Gasteiger partial charge in [0.2, 0.25) is 0 Å². The minimum absolute atomic E-state index is 0.213. The van der Waals surface area contributed by atoms with Crippen molar-refractivity contribution in [3.05, 3.63) is 35.4 Å². The lowest BCUT2D eigenvalue weighted by atomic mass is 10.1. The molecule has 6 heteroatoms. The molecule has 1 aromatic rings. The van der Waals surface area contributed by atoms with Gasteiger partial charge in [0.15, 0.2) is 0 Å². The number of benzene rings is 1. The van der Waals surface area contributed by atoms with Crippen LogP contribution in [0.2, 0.25) is 0 Å². The highest BCUT2D eigenvalue weighted by Gasteiger charge is 2.36. The summed E-state index contributed by atoms with van der Waals surface area (Å²) in [6, 6.07) is 6.69. The third kappa shape index (κ3) is 2.29. The number of rotatable bonds is 3. The standard InChI is InChI=1S/C13H11N3O3/c17-11(14-8-5-6-8)7-16-13(19)10-4-2-1-3-9(10)12(18)15-16/h1-4,8H,5-7H2/p+1. The smallest absolute Gasteiger partial charge is 0.348 e. The molecule has 1 N–H and O–H groups in total. The molecule has 0 spiro atoms. The number of nitrogens with zero attached hydrogens (tertiary/aromatic N) is 2. The van der Waals surface area contributed by atoms with Gasteiger partial charge in [-0.25, -0.2) is 4.79 Å². The van der Waals surface area contributed by atoms with Crippen molar-refractivity contribution in [3.63, 3.8) is 0 Å². The molecular formula is C13H12N3O3+. The highest BCUT2D eigenvalue weighted by molar-refractivity contribution is 6.07. The van der Waals surface area contributed by atoms with E-state index >= 15 is 0 Å². The zero-order valence-electron chi connectivity index (χ0n) is 10.1. The number of hydrogen-bond donors (Lipinski definition) is 1. The summed E-state index contributed by atoms with van der Waals surface area (Å²) in [7, 11) is 0. The monoisotopic (exact) mass is 258 g/mol. The fraction of sp³-hybridized carbons (Fsp3) is 0.308. The maximum absolute atomic E-state index is 12.1. The van der Waals surface area contributed by atoms with E-state index in [4.69, 9.17) is 0 Å². The minimum atomic E-state index is -0.491. The van der Waals surface area contributed by atoms with E-state index in [1.54, 1.807) is 24.3 Å². The normalized spacial score (nSPS) is 17.8. The molecule has 0 atom stereocenters. The molecule has 1 heterocycles. The van der Waals surface area contributed by atoms with E-state index in [0.29, 0.717) is 5.56 Å². The Hall–Kier alpha value is -2.37. The average Bonchev–Trinajstić information content (AvgIpc) is 3.19. The number of carbonyl (C=O) groups is 3. The quantitative estimate of drug-likeness (QED) is 0.811. The molecule has 3 rings (SSSR count). The number of fused-ring (bicyclic) bond motifs is 1. The molecule has 0 aromatic heterocycles. The van der Waals surface area contributed by atoms with Gasteiger partial charge in [0.05, 0.1) is 5.56 Å². The summed E-state index contributed by atoms with van der Waals surface area (Å²) in [4.78, 5) is 35.5. The molecular weight excluding hydrogens is 246 g/mol. The van der Waals surface area contributed by atoms with E-state index in [1.807, 2.05) is 0 Å². The van der Waals surface area contributed by atoms with Crippen molar-refractivity contribution in [2.75, 3.05) is 6.54 Å². The van der Waals surface area contributed by atoms with Gasteiger partial charge in [-0.3, -0.25) is 9.59 Å². The molecule has 0 bridgehead atoms. The highest BCUT2D eigenvalue weighted by atomic mass is 16.2. The first kappa shape index (κ1) is 11.7. The van der Waals surface area contributed by atoms with Gasteiger partial charge in [-0.1, -0.05) is 12.1 Å². The zero-order valence-corrected chi connectivity index (χ0v) is 10.1. The van der Waals surface area contributed by atoms with E-state index in [0.717, 1.165) is 17.5 Å². The van der Waals surface area contributed by atoms with E-state index in [9.17, 15) is 14.4 Å². The van der Waals surface area contributed by atoms with Crippen molar-refractivity contribution in [3.8, 4) is 0 Å². The maximum atomic E-state index is 12.1. The summed E-state index contributed by atoms with van der Waals surface area (Å²) in [6.07, 6.45) is 1.94. The molecule has 3 amide bonds. The number of azo groups is 2. The largest absolute Gasteiger partial charge is 0.445 e. The van der Waals surface area contributed by atoms with Crippen molar-refractivity contribution in [2.45, 2.75) is 18.9 Å². The Balaban J connectivity index is 1.81. The number of carbonyl (C=O) groups excluding carboxylic acids is 3. The lowest BCUT2D eigenvalue weighted by molar-refractivity contribution is -0.483. The Morgan fingerprint density at radius 2 is 1.95 bits per heavy atom. The van der Waals surface area contributed by atoms with Crippen molar-refractivity contribution >= 4 is 17.7 Å². The van der Waals surface area contributed by atoms with Crippen LogP contribution in [0.5, 0.6) is 0 Å². The van der Waals surface area contributed by atoms with E-state index in [1.165, 1.54) is 0 Å². The molecule has 0 unspecified atom stereocenters. The number of nitrogens with one attached hydrogen (secondary N) is 1. The third-order valence-corrected chi connectivity index (χ3v) is 3.07. The fourth-order valence-electron chi connectivity index (χ4n) is 1.95. The summed E-state index contributed by atoms with van der Waals surface area (Å²) < 4.78 is 0.933. The van der Waals surface area contributed by atoms with Crippen molar-refractivity contribution in [2.24, 2.45) is 5.11 Å². The van der Waals surface area contributed by atoms with Crippen molar-refractivity contribution in [1.29, 1.82) is 0 Å². The Bertz CT molecular complexity index is 617. The molecule has 2 aliphatic rings. The molecule has 0 radical (unpaired) electrons.